The van der Waals surface area contributed by atoms with Gasteiger partial charge in [0.1, 0.15) is 6.17 Å². The first-order chi connectivity index (χ1) is 4.70. The molecule has 0 heterocycles. The lowest BCUT2D eigenvalue weighted by Crippen LogP contribution is -2.26. The van der Waals surface area contributed by atoms with E-state index in [9.17, 15) is 4.39 Å². The summed E-state index contributed by atoms with van der Waals surface area (Å²) in [6.07, 6.45) is 0.293. The van der Waals surface area contributed by atoms with Crippen molar-refractivity contribution in [2.75, 3.05) is 0 Å². The van der Waals surface area contributed by atoms with Crippen molar-refractivity contribution in [3.63, 3.8) is 0 Å². The second-order valence-electron chi connectivity index (χ2n) is 2.94. The number of hydrogen-bond donors (Lipinski definition) is 2. The van der Waals surface area contributed by atoms with Gasteiger partial charge in [0.2, 0.25) is 0 Å². The number of rotatable bonds is 1. The lowest BCUT2D eigenvalue weighted by Gasteiger charge is -2.25. The molecule has 2 unspecified atom stereocenters. The van der Waals surface area contributed by atoms with E-state index < -0.39 is 12.5 Å². The zero-order valence-corrected chi connectivity index (χ0v) is 5.83. The maximum Gasteiger partial charge on any atom is 0.154 e. The molecule has 1 aliphatic carbocycles. The minimum Gasteiger partial charge on any atom is -0.368 e. The van der Waals surface area contributed by atoms with E-state index in [1.54, 1.807) is 0 Å². The molecule has 0 amide bonds. The Hall–Kier alpha value is -0.150. The lowest BCUT2D eigenvalue weighted by molar-refractivity contribution is -0.0994. The zero-order valence-electron chi connectivity index (χ0n) is 5.83. The Bertz CT molecular complexity index is 106. The van der Waals surface area contributed by atoms with Crippen LogP contribution in [0.3, 0.4) is 0 Å². The summed E-state index contributed by atoms with van der Waals surface area (Å²) < 4.78 is 12.6. The first kappa shape index (κ1) is 7.95. The minimum absolute atomic E-state index is 0.233. The SMILES string of the molecule is OC(O)C1CCCC(F)C1. The quantitative estimate of drug-likeness (QED) is 0.540. The van der Waals surface area contributed by atoms with E-state index in [1.165, 1.54) is 0 Å². The zero-order chi connectivity index (χ0) is 7.56. The minimum atomic E-state index is -1.32. The van der Waals surface area contributed by atoms with Crippen LogP contribution in [0.15, 0.2) is 0 Å². The smallest absolute Gasteiger partial charge is 0.154 e. The number of hydrogen-bond acceptors (Lipinski definition) is 2. The van der Waals surface area contributed by atoms with Gasteiger partial charge in [0, 0.05) is 5.92 Å². The van der Waals surface area contributed by atoms with Crippen LogP contribution >= 0.6 is 0 Å². The maximum atomic E-state index is 12.6. The molecule has 0 aromatic rings. The highest BCUT2D eigenvalue weighted by Crippen LogP contribution is 2.27. The Morgan fingerprint density at radius 3 is 2.40 bits per heavy atom. The van der Waals surface area contributed by atoms with Crippen molar-refractivity contribution >= 4 is 0 Å². The van der Waals surface area contributed by atoms with Crippen LogP contribution in [0.2, 0.25) is 0 Å². The number of alkyl halides is 1. The summed E-state index contributed by atoms with van der Waals surface area (Å²) in [4.78, 5) is 0. The van der Waals surface area contributed by atoms with Gasteiger partial charge in [-0.2, -0.15) is 0 Å². The van der Waals surface area contributed by atoms with Gasteiger partial charge >= 0.3 is 0 Å². The van der Waals surface area contributed by atoms with Crippen molar-refractivity contribution in [3.8, 4) is 0 Å². The molecular weight excluding hydrogens is 135 g/mol. The third kappa shape index (κ3) is 1.92. The van der Waals surface area contributed by atoms with Gasteiger partial charge in [0.25, 0.3) is 0 Å². The molecule has 1 saturated carbocycles. The van der Waals surface area contributed by atoms with E-state index in [1.807, 2.05) is 0 Å². The van der Waals surface area contributed by atoms with Crippen LogP contribution in [0.1, 0.15) is 25.7 Å². The Morgan fingerprint density at radius 2 is 2.00 bits per heavy atom. The van der Waals surface area contributed by atoms with Crippen molar-refractivity contribution in [1.29, 1.82) is 0 Å². The molecule has 0 bridgehead atoms. The fraction of sp³-hybridized carbons (Fsp3) is 1.00. The monoisotopic (exact) mass is 148 g/mol. The van der Waals surface area contributed by atoms with Gasteiger partial charge in [0.15, 0.2) is 6.29 Å². The lowest BCUT2D eigenvalue weighted by atomic mass is 9.88. The third-order valence-electron chi connectivity index (χ3n) is 2.07. The van der Waals surface area contributed by atoms with Gasteiger partial charge in [-0.1, -0.05) is 6.42 Å². The summed E-state index contributed by atoms with van der Waals surface area (Å²) >= 11 is 0. The van der Waals surface area contributed by atoms with Crippen molar-refractivity contribution in [2.24, 2.45) is 5.92 Å². The molecule has 0 aromatic heterocycles. The molecular formula is C7H13FO2. The summed E-state index contributed by atoms with van der Waals surface area (Å²) in [6.45, 7) is 0. The summed E-state index contributed by atoms with van der Waals surface area (Å²) in [5.74, 6) is -0.233. The summed E-state index contributed by atoms with van der Waals surface area (Å²) in [5, 5.41) is 17.4. The molecule has 0 aliphatic heterocycles. The summed E-state index contributed by atoms with van der Waals surface area (Å²) in [5.41, 5.74) is 0. The van der Waals surface area contributed by atoms with E-state index >= 15 is 0 Å². The Balaban J connectivity index is 2.32. The summed E-state index contributed by atoms with van der Waals surface area (Å²) in [6, 6.07) is 0. The van der Waals surface area contributed by atoms with Crippen molar-refractivity contribution in [3.05, 3.63) is 0 Å². The van der Waals surface area contributed by atoms with Gasteiger partial charge in [-0.25, -0.2) is 4.39 Å². The van der Waals surface area contributed by atoms with Crippen LogP contribution in [0.4, 0.5) is 4.39 Å². The topological polar surface area (TPSA) is 40.5 Å². The standard InChI is InChI=1S/C7H13FO2/c8-6-3-1-2-5(4-6)7(9)10/h5-7,9-10H,1-4H2. The van der Waals surface area contributed by atoms with Crippen LogP contribution in [0.25, 0.3) is 0 Å². The first-order valence-electron chi connectivity index (χ1n) is 3.70. The van der Waals surface area contributed by atoms with Gasteiger partial charge in [-0.05, 0) is 19.3 Å². The van der Waals surface area contributed by atoms with E-state index in [0.717, 1.165) is 12.8 Å². The third-order valence-corrected chi connectivity index (χ3v) is 2.07. The predicted octanol–water partition coefficient (Wildman–Crippen LogP) is 0.825. The highest BCUT2D eigenvalue weighted by Gasteiger charge is 2.25. The molecule has 0 spiro atoms. The van der Waals surface area contributed by atoms with Crippen molar-refractivity contribution in [1.82, 2.24) is 0 Å². The second kappa shape index (κ2) is 3.30. The first-order valence-corrected chi connectivity index (χ1v) is 3.70. The normalized spacial score (nSPS) is 34.8. The van der Waals surface area contributed by atoms with Crippen LogP contribution in [0, 0.1) is 5.92 Å². The number of aliphatic hydroxyl groups is 2. The summed E-state index contributed by atoms with van der Waals surface area (Å²) in [7, 11) is 0. The molecule has 3 heteroatoms. The fourth-order valence-electron chi connectivity index (χ4n) is 1.44. The van der Waals surface area contributed by atoms with E-state index in [2.05, 4.69) is 0 Å². The maximum absolute atomic E-state index is 12.6. The highest BCUT2D eigenvalue weighted by atomic mass is 19.1. The Labute approximate surface area is 59.7 Å². The molecule has 60 valence electrons. The molecule has 0 radical (unpaired) electrons. The molecule has 1 rings (SSSR count). The molecule has 10 heavy (non-hydrogen) atoms. The van der Waals surface area contributed by atoms with Crippen LogP contribution in [-0.4, -0.2) is 22.7 Å². The molecule has 2 nitrogen and oxygen atoms in total. The van der Waals surface area contributed by atoms with Gasteiger partial charge < -0.3 is 10.2 Å². The molecule has 2 N–H and O–H groups in total. The largest absolute Gasteiger partial charge is 0.368 e. The Morgan fingerprint density at radius 1 is 1.30 bits per heavy atom. The van der Waals surface area contributed by atoms with Gasteiger partial charge in [-0.3, -0.25) is 0 Å². The van der Waals surface area contributed by atoms with Crippen molar-refractivity contribution in [2.45, 2.75) is 38.1 Å². The van der Waals surface area contributed by atoms with Gasteiger partial charge in [-0.15, -0.1) is 0 Å². The molecule has 1 fully saturated rings. The molecule has 2 atom stereocenters. The van der Waals surface area contributed by atoms with E-state index in [0.29, 0.717) is 12.8 Å². The molecule has 0 saturated heterocycles. The highest BCUT2D eigenvalue weighted by molar-refractivity contribution is 4.73. The van der Waals surface area contributed by atoms with Crippen LogP contribution in [-0.2, 0) is 0 Å². The Kier molecular flexibility index (Phi) is 2.63. The average molecular weight is 148 g/mol. The predicted molar refractivity (Wildman–Crippen MR) is 35.1 cm³/mol. The van der Waals surface area contributed by atoms with Crippen LogP contribution in [0.5, 0.6) is 0 Å². The fourth-order valence-corrected chi connectivity index (χ4v) is 1.44. The number of halogens is 1. The van der Waals surface area contributed by atoms with Crippen molar-refractivity contribution < 1.29 is 14.6 Å². The second-order valence-corrected chi connectivity index (χ2v) is 2.94. The average Bonchev–Trinajstić information content (AvgIpc) is 1.88. The van der Waals surface area contributed by atoms with Crippen LogP contribution < -0.4 is 0 Å². The molecule has 1 aliphatic rings. The number of aliphatic hydroxyl groups excluding tert-OH is 1. The van der Waals surface area contributed by atoms with E-state index in [4.69, 9.17) is 10.2 Å². The van der Waals surface area contributed by atoms with E-state index in [-0.39, 0.29) is 5.92 Å². The van der Waals surface area contributed by atoms with Gasteiger partial charge in [0.05, 0.1) is 0 Å². The molecule has 0 aromatic carbocycles.